The summed E-state index contributed by atoms with van der Waals surface area (Å²) in [5, 5.41) is 2.52. The van der Waals surface area contributed by atoms with Crippen LogP contribution in [-0.2, 0) is 4.79 Å². The molecule has 1 N–H and O–H groups in total. The van der Waals surface area contributed by atoms with Crippen LogP contribution >= 0.6 is 0 Å². The second kappa shape index (κ2) is 5.32. The zero-order valence-electron chi connectivity index (χ0n) is 10.5. The summed E-state index contributed by atoms with van der Waals surface area (Å²) in [5.74, 6) is -0.0965. The fourth-order valence-electron chi connectivity index (χ4n) is 1.78. The molecule has 0 aromatic rings. The van der Waals surface area contributed by atoms with E-state index in [1.807, 2.05) is 0 Å². The maximum Gasteiger partial charge on any atom is 0.324 e. The van der Waals surface area contributed by atoms with E-state index in [4.69, 9.17) is 0 Å². The van der Waals surface area contributed by atoms with Crippen molar-refractivity contribution >= 4 is 11.9 Å². The van der Waals surface area contributed by atoms with Gasteiger partial charge in [-0.05, 0) is 18.3 Å². The van der Waals surface area contributed by atoms with Gasteiger partial charge in [0.2, 0.25) is 5.91 Å². The Morgan fingerprint density at radius 2 is 1.88 bits per heavy atom. The van der Waals surface area contributed by atoms with Gasteiger partial charge in [0.25, 0.3) is 0 Å². The first-order chi connectivity index (χ1) is 7.40. The van der Waals surface area contributed by atoms with Crippen molar-refractivity contribution in [1.29, 1.82) is 0 Å². The van der Waals surface area contributed by atoms with Crippen molar-refractivity contribution in [3.05, 3.63) is 0 Å². The summed E-state index contributed by atoms with van der Waals surface area (Å²) in [6, 6.07) is -0.235. The van der Waals surface area contributed by atoms with Crippen LogP contribution < -0.4 is 5.32 Å². The molecule has 92 valence electrons. The molecule has 1 heterocycles. The van der Waals surface area contributed by atoms with Crippen LogP contribution in [0.5, 0.6) is 0 Å². The molecule has 3 amide bonds. The molecule has 0 radical (unpaired) electrons. The first-order valence-corrected chi connectivity index (χ1v) is 5.98. The number of hydrogen-bond acceptors (Lipinski definition) is 2. The molecule has 0 unspecified atom stereocenters. The van der Waals surface area contributed by atoms with Crippen molar-refractivity contribution in [1.82, 2.24) is 10.2 Å². The van der Waals surface area contributed by atoms with E-state index in [1.165, 1.54) is 11.3 Å². The van der Waals surface area contributed by atoms with Gasteiger partial charge >= 0.3 is 6.03 Å². The largest absolute Gasteiger partial charge is 0.329 e. The highest BCUT2D eigenvalue weighted by molar-refractivity contribution is 6.01. The van der Waals surface area contributed by atoms with Gasteiger partial charge in [-0.1, -0.05) is 33.6 Å². The van der Waals surface area contributed by atoms with Crippen molar-refractivity contribution in [2.45, 2.75) is 46.5 Å². The molecular weight excluding hydrogens is 204 g/mol. The van der Waals surface area contributed by atoms with Crippen molar-refractivity contribution in [2.24, 2.45) is 5.41 Å². The van der Waals surface area contributed by atoms with Gasteiger partial charge in [-0.15, -0.1) is 0 Å². The number of carbonyl (C=O) groups is 2. The third kappa shape index (κ3) is 4.21. The van der Waals surface area contributed by atoms with Gasteiger partial charge in [-0.3, -0.25) is 9.69 Å². The number of nitrogens with one attached hydrogen (secondary N) is 1. The Morgan fingerprint density at radius 3 is 2.38 bits per heavy atom. The van der Waals surface area contributed by atoms with Crippen LogP contribution in [0.25, 0.3) is 0 Å². The molecule has 4 nitrogen and oxygen atoms in total. The van der Waals surface area contributed by atoms with E-state index in [1.54, 1.807) is 0 Å². The lowest BCUT2D eigenvalue weighted by molar-refractivity contribution is -0.125. The number of carbonyl (C=O) groups excluding carboxylic acids is 2. The van der Waals surface area contributed by atoms with Crippen LogP contribution in [0.2, 0.25) is 0 Å². The molecule has 0 aromatic heterocycles. The van der Waals surface area contributed by atoms with E-state index in [9.17, 15) is 9.59 Å². The zero-order chi connectivity index (χ0) is 12.2. The molecule has 0 spiro atoms. The highest BCUT2D eigenvalue weighted by atomic mass is 16.2. The van der Waals surface area contributed by atoms with E-state index in [0.29, 0.717) is 12.0 Å². The molecule has 0 bridgehead atoms. The van der Waals surface area contributed by atoms with Crippen molar-refractivity contribution in [3.63, 3.8) is 0 Å². The van der Waals surface area contributed by atoms with Gasteiger partial charge in [-0.2, -0.15) is 0 Å². The Labute approximate surface area is 97.4 Å². The Kier molecular flexibility index (Phi) is 4.33. The number of imide groups is 1. The van der Waals surface area contributed by atoms with E-state index < -0.39 is 0 Å². The summed E-state index contributed by atoms with van der Waals surface area (Å²) in [6.45, 7) is 7.41. The maximum atomic E-state index is 11.3. The zero-order valence-corrected chi connectivity index (χ0v) is 10.5. The van der Waals surface area contributed by atoms with E-state index in [2.05, 4.69) is 26.1 Å². The van der Waals surface area contributed by atoms with Crippen LogP contribution in [0.4, 0.5) is 4.79 Å². The predicted molar refractivity (Wildman–Crippen MR) is 63.0 cm³/mol. The van der Waals surface area contributed by atoms with Crippen LogP contribution in [0.3, 0.4) is 0 Å². The second-order valence-corrected chi connectivity index (χ2v) is 5.58. The quantitative estimate of drug-likeness (QED) is 0.577. The Hall–Kier alpha value is -1.06. The third-order valence-electron chi connectivity index (χ3n) is 2.75. The standard InChI is InChI=1S/C12H22N2O2/c1-12(2,3)7-5-4-6-8-14-10(15)9-13-11(14)16/h4-9H2,1-3H3,(H,13,16). The summed E-state index contributed by atoms with van der Waals surface area (Å²) >= 11 is 0. The monoisotopic (exact) mass is 226 g/mol. The van der Waals surface area contributed by atoms with E-state index >= 15 is 0 Å². The molecule has 0 saturated carbocycles. The summed E-state index contributed by atoms with van der Waals surface area (Å²) in [4.78, 5) is 23.8. The van der Waals surface area contributed by atoms with Gasteiger partial charge in [0, 0.05) is 6.54 Å². The number of urea groups is 1. The fourth-order valence-corrected chi connectivity index (χ4v) is 1.78. The molecule has 16 heavy (non-hydrogen) atoms. The Balaban J connectivity index is 2.12. The highest BCUT2D eigenvalue weighted by Crippen LogP contribution is 2.22. The van der Waals surface area contributed by atoms with E-state index in [-0.39, 0.29) is 18.5 Å². The van der Waals surface area contributed by atoms with Gasteiger partial charge in [0.15, 0.2) is 0 Å². The normalized spacial score (nSPS) is 16.8. The number of nitrogens with zero attached hydrogens (tertiary/aromatic N) is 1. The first-order valence-electron chi connectivity index (χ1n) is 5.98. The minimum absolute atomic E-state index is 0.0965. The molecule has 1 saturated heterocycles. The Bertz CT molecular complexity index is 253. The lowest BCUT2D eigenvalue weighted by Crippen LogP contribution is -2.31. The average Bonchev–Trinajstić information content (AvgIpc) is 2.46. The molecule has 1 rings (SSSR count). The van der Waals surface area contributed by atoms with Crippen molar-refractivity contribution < 1.29 is 9.59 Å². The van der Waals surface area contributed by atoms with E-state index in [0.717, 1.165) is 19.3 Å². The number of unbranched alkanes of at least 4 members (excludes halogenated alkanes) is 2. The molecule has 1 fully saturated rings. The van der Waals surface area contributed by atoms with Crippen molar-refractivity contribution in [3.8, 4) is 0 Å². The summed E-state index contributed by atoms with van der Waals surface area (Å²) in [7, 11) is 0. The van der Waals surface area contributed by atoms with Gasteiger partial charge in [0.1, 0.15) is 0 Å². The number of rotatable bonds is 5. The lowest BCUT2D eigenvalue weighted by atomic mass is 9.89. The van der Waals surface area contributed by atoms with Gasteiger partial charge in [-0.25, -0.2) is 4.79 Å². The van der Waals surface area contributed by atoms with Crippen LogP contribution in [0.15, 0.2) is 0 Å². The smallest absolute Gasteiger partial charge is 0.324 e. The van der Waals surface area contributed by atoms with Gasteiger partial charge < -0.3 is 5.32 Å². The number of hydrogen-bond donors (Lipinski definition) is 1. The Morgan fingerprint density at radius 1 is 1.19 bits per heavy atom. The highest BCUT2D eigenvalue weighted by Gasteiger charge is 2.27. The topological polar surface area (TPSA) is 49.4 Å². The fraction of sp³-hybridized carbons (Fsp3) is 0.833. The average molecular weight is 226 g/mol. The van der Waals surface area contributed by atoms with Crippen LogP contribution in [0.1, 0.15) is 46.5 Å². The summed E-state index contributed by atoms with van der Waals surface area (Å²) in [6.07, 6.45) is 4.34. The molecule has 1 aliphatic heterocycles. The minimum atomic E-state index is -0.235. The summed E-state index contributed by atoms with van der Waals surface area (Å²) in [5.41, 5.74) is 0.376. The number of amides is 3. The summed E-state index contributed by atoms with van der Waals surface area (Å²) < 4.78 is 0. The lowest BCUT2D eigenvalue weighted by Gasteiger charge is -2.18. The predicted octanol–water partition coefficient (Wildman–Crippen LogP) is 2.14. The second-order valence-electron chi connectivity index (χ2n) is 5.58. The first kappa shape index (κ1) is 13.0. The molecular formula is C12H22N2O2. The van der Waals surface area contributed by atoms with Crippen molar-refractivity contribution in [2.75, 3.05) is 13.1 Å². The minimum Gasteiger partial charge on any atom is -0.329 e. The maximum absolute atomic E-state index is 11.3. The van der Waals surface area contributed by atoms with Crippen LogP contribution in [-0.4, -0.2) is 29.9 Å². The third-order valence-corrected chi connectivity index (χ3v) is 2.75. The molecule has 1 aliphatic rings. The molecule has 4 heteroatoms. The molecule has 0 aliphatic carbocycles. The van der Waals surface area contributed by atoms with Crippen LogP contribution in [0, 0.1) is 5.41 Å². The molecule has 0 atom stereocenters. The molecule has 0 aromatic carbocycles. The van der Waals surface area contributed by atoms with Gasteiger partial charge in [0.05, 0.1) is 6.54 Å². The SMILES string of the molecule is CC(C)(C)CCCCCN1C(=O)CNC1=O.